The van der Waals surface area contributed by atoms with E-state index in [1.807, 2.05) is 18.7 Å². The molecule has 6 nitrogen and oxygen atoms in total. The van der Waals surface area contributed by atoms with E-state index in [2.05, 4.69) is 34.3 Å². The molecule has 1 N–H and O–H groups in total. The molecular weight excluding hydrogens is 463 g/mol. The molecule has 0 spiro atoms. The SMILES string of the molecule is CCCCn1c(SC(C)C(=O)Nc2ccc(Cl)cc2C(F)(F)F)nnc1C(CC)N(C)C. The van der Waals surface area contributed by atoms with Gasteiger partial charge >= 0.3 is 6.18 Å². The summed E-state index contributed by atoms with van der Waals surface area (Å²) in [6.07, 6.45) is -1.90. The minimum atomic E-state index is -4.64. The Balaban J connectivity index is 2.25. The van der Waals surface area contributed by atoms with Crippen LogP contribution in [0.25, 0.3) is 0 Å². The highest BCUT2D eigenvalue weighted by Gasteiger charge is 2.34. The molecule has 1 amide bonds. The van der Waals surface area contributed by atoms with Crippen LogP contribution in [-0.4, -0.2) is 44.9 Å². The highest BCUT2D eigenvalue weighted by Crippen LogP contribution is 2.37. The van der Waals surface area contributed by atoms with Crippen LogP contribution in [0, 0.1) is 0 Å². The summed E-state index contributed by atoms with van der Waals surface area (Å²) < 4.78 is 42.0. The van der Waals surface area contributed by atoms with Crippen LogP contribution in [0.2, 0.25) is 5.02 Å². The number of amides is 1. The van der Waals surface area contributed by atoms with E-state index in [4.69, 9.17) is 11.6 Å². The maximum atomic E-state index is 13.3. The molecule has 1 heterocycles. The van der Waals surface area contributed by atoms with Crippen LogP contribution in [0.4, 0.5) is 18.9 Å². The Morgan fingerprint density at radius 3 is 2.53 bits per heavy atom. The van der Waals surface area contributed by atoms with Crippen LogP contribution in [0.3, 0.4) is 0 Å². The third kappa shape index (κ3) is 6.62. The van der Waals surface area contributed by atoms with Crippen LogP contribution in [0.5, 0.6) is 0 Å². The normalized spacial score (nSPS) is 13.9. The van der Waals surface area contributed by atoms with Crippen molar-refractivity contribution in [2.24, 2.45) is 0 Å². The number of nitrogens with one attached hydrogen (secondary N) is 1. The second kappa shape index (κ2) is 11.4. The second-order valence-corrected chi connectivity index (χ2v) is 9.42. The maximum Gasteiger partial charge on any atom is 0.418 e. The quantitative estimate of drug-likeness (QED) is 0.420. The van der Waals surface area contributed by atoms with E-state index < -0.39 is 22.9 Å². The number of nitrogens with zero attached hydrogens (tertiary/aromatic N) is 4. The van der Waals surface area contributed by atoms with Crippen molar-refractivity contribution < 1.29 is 18.0 Å². The third-order valence-corrected chi connectivity index (χ3v) is 6.30. The van der Waals surface area contributed by atoms with Crippen LogP contribution in [0.1, 0.15) is 57.5 Å². The van der Waals surface area contributed by atoms with E-state index in [0.29, 0.717) is 11.7 Å². The van der Waals surface area contributed by atoms with E-state index in [0.717, 1.165) is 37.2 Å². The molecule has 1 aromatic carbocycles. The molecule has 0 radical (unpaired) electrons. The number of halogens is 4. The standard InChI is InChI=1S/C21H29ClF3N5OS/c1-6-8-11-30-18(17(7-2)29(4)5)27-28-20(30)32-13(3)19(31)26-16-10-9-14(22)12-15(16)21(23,24)25/h9-10,12-13,17H,6-8,11H2,1-5H3,(H,26,31). The fourth-order valence-electron chi connectivity index (χ4n) is 3.24. The number of carbonyl (C=O) groups excluding carboxylic acids is 1. The van der Waals surface area contributed by atoms with Gasteiger partial charge in [-0.05, 0) is 52.1 Å². The molecule has 0 aliphatic carbocycles. The largest absolute Gasteiger partial charge is 0.418 e. The Labute approximate surface area is 195 Å². The number of benzene rings is 1. The number of unbranched alkanes of at least 4 members (excludes halogenated alkanes) is 1. The highest BCUT2D eigenvalue weighted by atomic mass is 35.5. The van der Waals surface area contributed by atoms with Gasteiger partial charge in [0.2, 0.25) is 5.91 Å². The zero-order chi connectivity index (χ0) is 24.1. The number of carbonyl (C=O) groups is 1. The van der Waals surface area contributed by atoms with Crippen LogP contribution < -0.4 is 5.32 Å². The first-order valence-electron chi connectivity index (χ1n) is 10.4. The lowest BCUT2D eigenvalue weighted by Gasteiger charge is -2.23. The van der Waals surface area contributed by atoms with Gasteiger partial charge in [0.1, 0.15) is 0 Å². The van der Waals surface area contributed by atoms with Crippen molar-refractivity contribution in [1.29, 1.82) is 0 Å². The van der Waals surface area contributed by atoms with Gasteiger partial charge in [-0.2, -0.15) is 13.2 Å². The molecule has 11 heteroatoms. The van der Waals surface area contributed by atoms with Crippen LogP contribution >= 0.6 is 23.4 Å². The average Bonchev–Trinajstić information content (AvgIpc) is 3.09. The van der Waals surface area contributed by atoms with Crippen molar-refractivity contribution in [3.05, 3.63) is 34.6 Å². The maximum absolute atomic E-state index is 13.3. The number of rotatable bonds is 10. The molecule has 32 heavy (non-hydrogen) atoms. The molecule has 0 aliphatic heterocycles. The summed E-state index contributed by atoms with van der Waals surface area (Å²) in [6.45, 7) is 6.48. The first kappa shape index (κ1) is 26.5. The molecule has 0 saturated carbocycles. The third-order valence-electron chi connectivity index (χ3n) is 4.99. The van der Waals surface area contributed by atoms with Gasteiger partial charge in [0.15, 0.2) is 11.0 Å². The Kier molecular flexibility index (Phi) is 9.41. The summed E-state index contributed by atoms with van der Waals surface area (Å²) in [7, 11) is 3.94. The summed E-state index contributed by atoms with van der Waals surface area (Å²) in [5, 5.41) is 10.9. The van der Waals surface area contributed by atoms with Crippen molar-refractivity contribution >= 4 is 35.0 Å². The van der Waals surface area contributed by atoms with E-state index in [1.165, 1.54) is 17.8 Å². The van der Waals surface area contributed by atoms with E-state index in [-0.39, 0.29) is 16.8 Å². The van der Waals surface area contributed by atoms with Gasteiger partial charge in [0.05, 0.1) is 22.5 Å². The number of anilines is 1. The van der Waals surface area contributed by atoms with Crippen molar-refractivity contribution in [2.75, 3.05) is 19.4 Å². The molecule has 178 valence electrons. The van der Waals surface area contributed by atoms with E-state index >= 15 is 0 Å². The number of thioether (sulfide) groups is 1. The van der Waals surface area contributed by atoms with Gasteiger partial charge in [-0.25, -0.2) is 0 Å². The second-order valence-electron chi connectivity index (χ2n) is 7.67. The van der Waals surface area contributed by atoms with Crippen molar-refractivity contribution in [3.63, 3.8) is 0 Å². The summed E-state index contributed by atoms with van der Waals surface area (Å²) in [5.41, 5.74) is -1.31. The smallest absolute Gasteiger partial charge is 0.325 e. The zero-order valence-electron chi connectivity index (χ0n) is 18.8. The van der Waals surface area contributed by atoms with Gasteiger partial charge in [-0.15, -0.1) is 10.2 Å². The van der Waals surface area contributed by atoms with Gasteiger partial charge in [0, 0.05) is 11.6 Å². The van der Waals surface area contributed by atoms with Crippen molar-refractivity contribution in [3.8, 4) is 0 Å². The summed E-state index contributed by atoms with van der Waals surface area (Å²) in [4.78, 5) is 14.8. The van der Waals surface area contributed by atoms with Crippen LogP contribution in [-0.2, 0) is 17.5 Å². The van der Waals surface area contributed by atoms with Gasteiger partial charge in [0.25, 0.3) is 0 Å². The van der Waals surface area contributed by atoms with Gasteiger partial charge in [-0.1, -0.05) is 43.6 Å². The minimum absolute atomic E-state index is 0.0549. The Bertz CT molecular complexity index is 919. The fraction of sp³-hybridized carbons (Fsp3) is 0.571. The summed E-state index contributed by atoms with van der Waals surface area (Å²) in [6, 6.07) is 3.34. The van der Waals surface area contributed by atoms with Crippen molar-refractivity contribution in [1.82, 2.24) is 19.7 Å². The van der Waals surface area contributed by atoms with E-state index in [1.54, 1.807) is 6.92 Å². The van der Waals surface area contributed by atoms with Crippen LogP contribution in [0.15, 0.2) is 23.4 Å². The molecule has 2 rings (SSSR count). The van der Waals surface area contributed by atoms with E-state index in [9.17, 15) is 18.0 Å². The molecule has 2 unspecified atom stereocenters. The van der Waals surface area contributed by atoms with Gasteiger partial charge in [-0.3, -0.25) is 9.69 Å². The molecular formula is C21H29ClF3N5OS. The monoisotopic (exact) mass is 491 g/mol. The molecule has 0 aliphatic rings. The predicted octanol–water partition coefficient (Wildman–Crippen LogP) is 5.88. The Morgan fingerprint density at radius 1 is 1.28 bits per heavy atom. The minimum Gasteiger partial charge on any atom is -0.325 e. The molecule has 1 aromatic heterocycles. The number of hydrogen-bond donors (Lipinski definition) is 1. The lowest BCUT2D eigenvalue weighted by molar-refractivity contribution is -0.137. The first-order valence-corrected chi connectivity index (χ1v) is 11.7. The van der Waals surface area contributed by atoms with Gasteiger partial charge < -0.3 is 9.88 Å². The average molecular weight is 492 g/mol. The molecule has 0 bridgehead atoms. The summed E-state index contributed by atoms with van der Waals surface area (Å²) in [5.74, 6) is 0.257. The molecule has 0 saturated heterocycles. The summed E-state index contributed by atoms with van der Waals surface area (Å²) >= 11 is 6.89. The Hall–Kier alpha value is -1.78. The van der Waals surface area contributed by atoms with Crippen molar-refractivity contribution in [2.45, 2.75) is 69.2 Å². The molecule has 2 aromatic rings. The zero-order valence-corrected chi connectivity index (χ0v) is 20.4. The lowest BCUT2D eigenvalue weighted by atomic mass is 10.1. The number of hydrogen-bond acceptors (Lipinski definition) is 5. The molecule has 2 atom stereocenters. The fourth-order valence-corrected chi connectivity index (χ4v) is 4.30. The lowest BCUT2D eigenvalue weighted by Crippen LogP contribution is -2.25. The number of alkyl halides is 3. The Morgan fingerprint density at radius 2 is 1.97 bits per heavy atom. The molecule has 0 fully saturated rings. The first-order chi connectivity index (χ1) is 15.0. The highest BCUT2D eigenvalue weighted by molar-refractivity contribution is 8.00. The predicted molar refractivity (Wildman–Crippen MR) is 122 cm³/mol. The topological polar surface area (TPSA) is 63.1 Å². The number of aromatic nitrogens is 3.